The number of amides is 1. The minimum Gasteiger partial charge on any atom is -0.468 e. The quantitative estimate of drug-likeness (QED) is 0.755. The van der Waals surface area contributed by atoms with Crippen molar-refractivity contribution in [2.45, 2.75) is 37.8 Å². The van der Waals surface area contributed by atoms with Crippen molar-refractivity contribution >= 4 is 12.1 Å². The van der Waals surface area contributed by atoms with E-state index in [0.29, 0.717) is 6.54 Å². The first-order valence-corrected chi connectivity index (χ1v) is 9.16. The number of likely N-dealkylation sites (tertiary alicyclic amines) is 1. The zero-order valence-corrected chi connectivity index (χ0v) is 15.4. The van der Waals surface area contributed by atoms with Gasteiger partial charge in [0.2, 0.25) is 0 Å². The predicted molar refractivity (Wildman–Crippen MR) is 100.0 cm³/mol. The van der Waals surface area contributed by atoms with Gasteiger partial charge in [0.15, 0.2) is 0 Å². The molecule has 1 aliphatic rings. The molecular formula is C21H24N2O4. The fraction of sp³-hybridized carbons (Fsp3) is 0.381. The van der Waals surface area contributed by atoms with Crippen molar-refractivity contribution in [2.24, 2.45) is 0 Å². The van der Waals surface area contributed by atoms with Crippen LogP contribution in [0, 0.1) is 0 Å². The fourth-order valence-corrected chi connectivity index (χ4v) is 3.54. The standard InChI is InChI=1S/C21H24N2O4/c1-26-20(24)19(17-9-3-2-4-10-17)18-11-5-6-13-23(18)21(25)27-15-16-8-7-12-22-14-16/h2-4,7-10,12,14,18-19H,5-6,11,13,15H2,1H3. The number of carbonyl (C=O) groups is 2. The molecular weight excluding hydrogens is 344 g/mol. The first-order valence-electron chi connectivity index (χ1n) is 9.16. The monoisotopic (exact) mass is 368 g/mol. The number of carbonyl (C=O) groups excluding carboxylic acids is 2. The average molecular weight is 368 g/mol. The number of ether oxygens (including phenoxy) is 2. The lowest BCUT2D eigenvalue weighted by Crippen LogP contribution is -2.49. The molecule has 0 N–H and O–H groups in total. The molecule has 3 rings (SSSR count). The lowest BCUT2D eigenvalue weighted by molar-refractivity contribution is -0.144. The number of methoxy groups -OCH3 is 1. The highest BCUT2D eigenvalue weighted by Gasteiger charge is 2.39. The van der Waals surface area contributed by atoms with Gasteiger partial charge in [0, 0.05) is 24.5 Å². The van der Waals surface area contributed by atoms with Crippen molar-refractivity contribution in [1.29, 1.82) is 0 Å². The average Bonchev–Trinajstić information content (AvgIpc) is 2.74. The molecule has 2 atom stereocenters. The normalized spacial score (nSPS) is 17.8. The van der Waals surface area contributed by atoms with Crippen LogP contribution in [-0.4, -0.2) is 41.6 Å². The summed E-state index contributed by atoms with van der Waals surface area (Å²) >= 11 is 0. The van der Waals surface area contributed by atoms with Crippen LogP contribution in [-0.2, 0) is 20.9 Å². The van der Waals surface area contributed by atoms with Gasteiger partial charge in [0.25, 0.3) is 0 Å². The third-order valence-electron chi connectivity index (χ3n) is 4.87. The van der Waals surface area contributed by atoms with Gasteiger partial charge in [-0.1, -0.05) is 36.4 Å². The number of hydrogen-bond donors (Lipinski definition) is 0. The largest absolute Gasteiger partial charge is 0.468 e. The SMILES string of the molecule is COC(=O)C(c1ccccc1)C1CCCCN1C(=O)OCc1cccnc1. The van der Waals surface area contributed by atoms with Crippen LogP contribution in [0.15, 0.2) is 54.9 Å². The van der Waals surface area contributed by atoms with E-state index in [4.69, 9.17) is 9.47 Å². The van der Waals surface area contributed by atoms with Gasteiger partial charge in [-0.3, -0.25) is 9.78 Å². The maximum atomic E-state index is 12.8. The Morgan fingerprint density at radius 3 is 2.70 bits per heavy atom. The van der Waals surface area contributed by atoms with Gasteiger partial charge in [-0.15, -0.1) is 0 Å². The van der Waals surface area contributed by atoms with Crippen LogP contribution in [0.4, 0.5) is 4.79 Å². The summed E-state index contributed by atoms with van der Waals surface area (Å²) in [4.78, 5) is 31.0. The fourth-order valence-electron chi connectivity index (χ4n) is 3.54. The molecule has 0 saturated carbocycles. The van der Waals surface area contributed by atoms with Gasteiger partial charge in [0.05, 0.1) is 13.2 Å². The number of esters is 1. The molecule has 0 aliphatic carbocycles. The molecule has 2 aromatic rings. The smallest absolute Gasteiger partial charge is 0.410 e. The predicted octanol–water partition coefficient (Wildman–Crippen LogP) is 3.53. The van der Waals surface area contributed by atoms with Crippen LogP contribution in [0.1, 0.15) is 36.3 Å². The number of aromatic nitrogens is 1. The molecule has 2 heterocycles. The van der Waals surface area contributed by atoms with Gasteiger partial charge in [-0.05, 0) is 30.9 Å². The number of benzene rings is 1. The summed E-state index contributed by atoms with van der Waals surface area (Å²) in [5.74, 6) is -0.861. The van der Waals surface area contributed by atoms with Gasteiger partial charge in [-0.25, -0.2) is 4.79 Å². The molecule has 2 unspecified atom stereocenters. The molecule has 0 spiro atoms. The van der Waals surface area contributed by atoms with Crippen molar-refractivity contribution in [2.75, 3.05) is 13.7 Å². The maximum Gasteiger partial charge on any atom is 0.410 e. The molecule has 1 amide bonds. The molecule has 1 aromatic heterocycles. The number of pyridine rings is 1. The van der Waals surface area contributed by atoms with Crippen LogP contribution < -0.4 is 0 Å². The lowest BCUT2D eigenvalue weighted by Gasteiger charge is -2.38. The van der Waals surface area contributed by atoms with Crippen molar-refractivity contribution in [1.82, 2.24) is 9.88 Å². The lowest BCUT2D eigenvalue weighted by atomic mass is 9.85. The van der Waals surface area contributed by atoms with E-state index in [9.17, 15) is 9.59 Å². The van der Waals surface area contributed by atoms with Crippen molar-refractivity contribution in [3.05, 3.63) is 66.0 Å². The third kappa shape index (κ3) is 4.64. The van der Waals surface area contributed by atoms with E-state index in [1.54, 1.807) is 23.4 Å². The van der Waals surface area contributed by atoms with Crippen LogP contribution in [0.3, 0.4) is 0 Å². The summed E-state index contributed by atoms with van der Waals surface area (Å²) in [7, 11) is 1.38. The van der Waals surface area contributed by atoms with E-state index >= 15 is 0 Å². The van der Waals surface area contributed by atoms with E-state index in [2.05, 4.69) is 4.98 Å². The van der Waals surface area contributed by atoms with E-state index in [0.717, 1.165) is 30.4 Å². The minimum absolute atomic E-state index is 0.157. The molecule has 0 bridgehead atoms. The highest BCUT2D eigenvalue weighted by atomic mass is 16.6. The second-order valence-electron chi connectivity index (χ2n) is 6.58. The van der Waals surface area contributed by atoms with Crippen LogP contribution in [0.5, 0.6) is 0 Å². The summed E-state index contributed by atoms with van der Waals surface area (Å²) in [5.41, 5.74) is 1.67. The van der Waals surface area contributed by atoms with Crippen LogP contribution >= 0.6 is 0 Å². The van der Waals surface area contributed by atoms with E-state index < -0.39 is 12.0 Å². The number of piperidine rings is 1. The Kier molecular flexibility index (Phi) is 6.41. The first-order chi connectivity index (χ1) is 13.2. The van der Waals surface area contributed by atoms with Gasteiger partial charge >= 0.3 is 12.1 Å². The number of nitrogens with zero attached hydrogens (tertiary/aromatic N) is 2. The first kappa shape index (κ1) is 18.9. The molecule has 1 aliphatic heterocycles. The summed E-state index contributed by atoms with van der Waals surface area (Å²) in [5, 5.41) is 0. The van der Waals surface area contributed by atoms with E-state index in [-0.39, 0.29) is 18.6 Å². The number of hydrogen-bond acceptors (Lipinski definition) is 5. The maximum absolute atomic E-state index is 12.8. The van der Waals surface area contributed by atoms with Gasteiger partial charge < -0.3 is 14.4 Å². The molecule has 1 saturated heterocycles. The Bertz CT molecular complexity index is 751. The minimum atomic E-state index is -0.526. The second kappa shape index (κ2) is 9.16. The summed E-state index contributed by atoms with van der Waals surface area (Å²) in [6, 6.07) is 12.8. The Hall–Kier alpha value is -2.89. The van der Waals surface area contributed by atoms with E-state index in [1.807, 2.05) is 36.4 Å². The highest BCUT2D eigenvalue weighted by Crippen LogP contribution is 2.32. The molecule has 1 fully saturated rings. The Balaban J connectivity index is 1.78. The van der Waals surface area contributed by atoms with Crippen molar-refractivity contribution < 1.29 is 19.1 Å². The van der Waals surface area contributed by atoms with E-state index in [1.165, 1.54) is 7.11 Å². The molecule has 27 heavy (non-hydrogen) atoms. The summed E-state index contributed by atoms with van der Waals surface area (Å²) < 4.78 is 10.5. The third-order valence-corrected chi connectivity index (χ3v) is 4.87. The van der Waals surface area contributed by atoms with Gasteiger partial charge in [0.1, 0.15) is 12.5 Å². The molecule has 6 nitrogen and oxygen atoms in total. The zero-order valence-electron chi connectivity index (χ0n) is 15.4. The Morgan fingerprint density at radius 1 is 1.19 bits per heavy atom. The summed E-state index contributed by atoms with van der Waals surface area (Å²) in [6.07, 6.45) is 5.51. The summed E-state index contributed by atoms with van der Waals surface area (Å²) in [6.45, 7) is 0.723. The zero-order chi connectivity index (χ0) is 19.1. The Labute approximate surface area is 159 Å². The molecule has 0 radical (unpaired) electrons. The van der Waals surface area contributed by atoms with Crippen LogP contribution in [0.25, 0.3) is 0 Å². The molecule has 6 heteroatoms. The van der Waals surface area contributed by atoms with Crippen molar-refractivity contribution in [3.8, 4) is 0 Å². The van der Waals surface area contributed by atoms with Gasteiger partial charge in [-0.2, -0.15) is 0 Å². The highest BCUT2D eigenvalue weighted by molar-refractivity contribution is 5.80. The second-order valence-corrected chi connectivity index (χ2v) is 6.58. The Morgan fingerprint density at radius 2 is 2.00 bits per heavy atom. The van der Waals surface area contributed by atoms with Crippen molar-refractivity contribution in [3.63, 3.8) is 0 Å². The number of rotatable bonds is 5. The van der Waals surface area contributed by atoms with Crippen LogP contribution in [0.2, 0.25) is 0 Å². The molecule has 142 valence electrons. The topological polar surface area (TPSA) is 68.7 Å². The molecule has 1 aromatic carbocycles.